The summed E-state index contributed by atoms with van der Waals surface area (Å²) in [6.07, 6.45) is 18.5. The Kier molecular flexibility index (Phi) is 7.75. The van der Waals surface area contributed by atoms with Gasteiger partial charge < -0.3 is 5.11 Å². The van der Waals surface area contributed by atoms with E-state index in [-0.39, 0.29) is 5.92 Å². The molecule has 2 fully saturated rings. The van der Waals surface area contributed by atoms with Crippen LogP contribution in [0.5, 0.6) is 0 Å². The second kappa shape index (κ2) is 9.57. The van der Waals surface area contributed by atoms with Gasteiger partial charge in [-0.15, -0.1) is 0 Å². The highest BCUT2D eigenvalue weighted by Crippen LogP contribution is 2.37. The van der Waals surface area contributed by atoms with Gasteiger partial charge in [-0.25, -0.2) is 0 Å². The molecule has 2 saturated carbocycles. The largest absolute Gasteiger partial charge is 0.481 e. The summed E-state index contributed by atoms with van der Waals surface area (Å²) in [7, 11) is 0. The van der Waals surface area contributed by atoms with Gasteiger partial charge in [0.2, 0.25) is 0 Å². The maximum absolute atomic E-state index is 11.0. The quantitative estimate of drug-likeness (QED) is 0.555. The summed E-state index contributed by atoms with van der Waals surface area (Å²) in [6.45, 7) is 2.29. The Morgan fingerprint density at radius 1 is 0.773 bits per heavy atom. The molecule has 0 aliphatic heterocycles. The minimum Gasteiger partial charge on any atom is -0.481 e. The summed E-state index contributed by atoms with van der Waals surface area (Å²) < 4.78 is 0. The van der Waals surface area contributed by atoms with Gasteiger partial charge in [0, 0.05) is 0 Å². The minimum absolute atomic E-state index is 0.0465. The van der Waals surface area contributed by atoms with Crippen LogP contribution >= 0.6 is 0 Å². The van der Waals surface area contributed by atoms with Crippen molar-refractivity contribution in [3.05, 3.63) is 0 Å². The lowest BCUT2D eigenvalue weighted by Gasteiger charge is -2.31. The molecule has 2 nitrogen and oxygen atoms in total. The predicted molar refractivity (Wildman–Crippen MR) is 91.9 cm³/mol. The Morgan fingerprint density at radius 3 is 1.68 bits per heavy atom. The van der Waals surface area contributed by atoms with E-state index in [9.17, 15) is 4.79 Å². The number of hydrogen-bond acceptors (Lipinski definition) is 1. The first-order valence-electron chi connectivity index (χ1n) is 9.91. The van der Waals surface area contributed by atoms with Crippen LogP contribution in [0.15, 0.2) is 0 Å². The fourth-order valence-corrected chi connectivity index (χ4v) is 4.66. The number of carboxylic acid groups (broad SMARTS) is 1. The average molecular weight is 309 g/mol. The van der Waals surface area contributed by atoms with Crippen molar-refractivity contribution < 1.29 is 9.90 Å². The van der Waals surface area contributed by atoms with E-state index in [1.54, 1.807) is 0 Å². The topological polar surface area (TPSA) is 37.3 Å². The molecule has 0 amide bonds. The van der Waals surface area contributed by atoms with Crippen LogP contribution in [0.4, 0.5) is 0 Å². The standard InChI is InChI=1S/C20H36O2/c1-2-3-4-5-16-6-8-17(9-7-16)10-11-18-12-14-19(15-13-18)20(21)22/h16-19H,2-15H2,1H3,(H,21,22). The Bertz CT molecular complexity index is 310. The van der Waals surface area contributed by atoms with Crippen LogP contribution in [0.1, 0.15) is 96.8 Å². The van der Waals surface area contributed by atoms with Crippen molar-refractivity contribution >= 4 is 5.97 Å². The molecule has 2 rings (SSSR count). The molecule has 2 heteroatoms. The van der Waals surface area contributed by atoms with Gasteiger partial charge in [0.25, 0.3) is 0 Å². The monoisotopic (exact) mass is 308 g/mol. The Morgan fingerprint density at radius 2 is 1.23 bits per heavy atom. The van der Waals surface area contributed by atoms with E-state index in [0.717, 1.165) is 43.4 Å². The van der Waals surface area contributed by atoms with Crippen LogP contribution in [0.2, 0.25) is 0 Å². The minimum atomic E-state index is -0.570. The molecule has 0 aromatic carbocycles. The Balaban J connectivity index is 1.55. The first-order chi connectivity index (χ1) is 10.7. The van der Waals surface area contributed by atoms with Crippen molar-refractivity contribution in [1.29, 1.82) is 0 Å². The maximum Gasteiger partial charge on any atom is 0.306 e. The molecule has 0 unspecified atom stereocenters. The number of hydrogen-bond donors (Lipinski definition) is 1. The van der Waals surface area contributed by atoms with Gasteiger partial charge in [-0.3, -0.25) is 4.79 Å². The zero-order valence-electron chi connectivity index (χ0n) is 14.6. The van der Waals surface area contributed by atoms with E-state index in [0.29, 0.717) is 0 Å². The van der Waals surface area contributed by atoms with Crippen molar-refractivity contribution in [2.45, 2.75) is 96.8 Å². The van der Waals surface area contributed by atoms with Crippen LogP contribution in [-0.2, 0) is 4.79 Å². The predicted octanol–water partition coefficient (Wildman–Crippen LogP) is 6.04. The van der Waals surface area contributed by atoms with Crippen LogP contribution in [0.25, 0.3) is 0 Å². The molecule has 0 spiro atoms. The second-order valence-corrected chi connectivity index (χ2v) is 8.02. The Hall–Kier alpha value is -0.530. The second-order valence-electron chi connectivity index (χ2n) is 8.02. The summed E-state index contributed by atoms with van der Waals surface area (Å²) in [5, 5.41) is 9.06. The molecule has 0 atom stereocenters. The third kappa shape index (κ3) is 5.93. The SMILES string of the molecule is CCCCCC1CCC(CCC2CCC(C(=O)O)CC2)CC1. The van der Waals surface area contributed by atoms with Crippen molar-refractivity contribution in [1.82, 2.24) is 0 Å². The molecule has 2 aliphatic carbocycles. The highest BCUT2D eigenvalue weighted by Gasteiger charge is 2.27. The summed E-state index contributed by atoms with van der Waals surface area (Å²) in [4.78, 5) is 11.0. The van der Waals surface area contributed by atoms with Crippen LogP contribution < -0.4 is 0 Å². The lowest BCUT2D eigenvalue weighted by atomic mass is 9.75. The summed E-state index contributed by atoms with van der Waals surface area (Å²) >= 11 is 0. The van der Waals surface area contributed by atoms with Gasteiger partial charge in [-0.2, -0.15) is 0 Å². The van der Waals surface area contributed by atoms with E-state index in [1.807, 2.05) is 0 Å². The third-order valence-corrected chi connectivity index (χ3v) is 6.36. The fraction of sp³-hybridized carbons (Fsp3) is 0.950. The van der Waals surface area contributed by atoms with Crippen LogP contribution in [0, 0.1) is 23.7 Å². The van der Waals surface area contributed by atoms with E-state index in [4.69, 9.17) is 5.11 Å². The van der Waals surface area contributed by atoms with Crippen molar-refractivity contribution in [3.63, 3.8) is 0 Å². The number of carbonyl (C=O) groups is 1. The van der Waals surface area contributed by atoms with Crippen molar-refractivity contribution in [2.75, 3.05) is 0 Å². The molecule has 0 aromatic heterocycles. The zero-order chi connectivity index (χ0) is 15.8. The number of carboxylic acids is 1. The molecule has 22 heavy (non-hydrogen) atoms. The fourth-order valence-electron chi connectivity index (χ4n) is 4.66. The number of unbranched alkanes of at least 4 members (excludes halogenated alkanes) is 2. The van der Waals surface area contributed by atoms with Crippen molar-refractivity contribution in [3.8, 4) is 0 Å². The van der Waals surface area contributed by atoms with Gasteiger partial charge in [-0.1, -0.05) is 71.1 Å². The molecular formula is C20H36O2. The van der Waals surface area contributed by atoms with Gasteiger partial charge >= 0.3 is 5.97 Å². The summed E-state index contributed by atoms with van der Waals surface area (Å²) in [5.41, 5.74) is 0. The lowest BCUT2D eigenvalue weighted by molar-refractivity contribution is -0.143. The van der Waals surface area contributed by atoms with Crippen LogP contribution in [0.3, 0.4) is 0 Å². The normalized spacial score (nSPS) is 32.8. The van der Waals surface area contributed by atoms with E-state index in [1.165, 1.54) is 64.2 Å². The summed E-state index contributed by atoms with van der Waals surface area (Å²) in [6, 6.07) is 0. The van der Waals surface area contributed by atoms with Gasteiger partial charge in [0.05, 0.1) is 5.92 Å². The zero-order valence-corrected chi connectivity index (χ0v) is 14.6. The maximum atomic E-state index is 11.0. The first-order valence-corrected chi connectivity index (χ1v) is 9.91. The average Bonchev–Trinajstić information content (AvgIpc) is 2.55. The molecule has 0 saturated heterocycles. The molecule has 0 radical (unpaired) electrons. The molecule has 0 aromatic rings. The number of aliphatic carboxylic acids is 1. The third-order valence-electron chi connectivity index (χ3n) is 6.36. The molecule has 1 N–H and O–H groups in total. The summed E-state index contributed by atoms with van der Waals surface area (Å²) in [5.74, 6) is 2.20. The van der Waals surface area contributed by atoms with Crippen molar-refractivity contribution in [2.24, 2.45) is 23.7 Å². The molecule has 2 aliphatic rings. The van der Waals surface area contributed by atoms with Gasteiger partial charge in [-0.05, 0) is 43.4 Å². The van der Waals surface area contributed by atoms with E-state index < -0.39 is 5.97 Å². The molecule has 0 heterocycles. The van der Waals surface area contributed by atoms with Gasteiger partial charge in [0.1, 0.15) is 0 Å². The van der Waals surface area contributed by atoms with E-state index >= 15 is 0 Å². The smallest absolute Gasteiger partial charge is 0.306 e. The highest BCUT2D eigenvalue weighted by molar-refractivity contribution is 5.69. The molecular weight excluding hydrogens is 272 g/mol. The Labute approximate surface area is 137 Å². The lowest BCUT2D eigenvalue weighted by Crippen LogP contribution is -2.22. The van der Waals surface area contributed by atoms with Crippen LogP contribution in [-0.4, -0.2) is 11.1 Å². The number of rotatable bonds is 8. The highest BCUT2D eigenvalue weighted by atomic mass is 16.4. The molecule has 0 bridgehead atoms. The molecule has 128 valence electrons. The first kappa shape index (κ1) is 17.8. The van der Waals surface area contributed by atoms with E-state index in [2.05, 4.69) is 6.92 Å². The van der Waals surface area contributed by atoms with Gasteiger partial charge in [0.15, 0.2) is 0 Å².